The molecule has 4 rings (SSSR count). The maximum atomic E-state index is 12.2. The molecular weight excluding hydrogens is 452 g/mol. The maximum Gasteiger partial charge on any atom is 0.407 e. The average Bonchev–Trinajstić information content (AvgIpc) is 3.41. The zero-order chi connectivity index (χ0) is 24.9. The number of nitrogens with zero attached hydrogens (tertiary/aromatic N) is 2. The number of fused-ring (bicyclic) bond motifs is 3. The standard InChI is InChI=1S/C25H26N4O6/c1-29-13-15(11-27-29)23(24(32)33)28-22(31)10-16(30)12-26-25(34)35-14-21-19-8-4-2-6-17(19)18-7-3-5-9-20(18)21/h2-9,11,13,16,21,23,30H,10,12,14H2,1H3,(H,26,34)(H,28,31)(H,32,33). The van der Waals surface area contributed by atoms with Crippen LogP contribution in [0.25, 0.3) is 11.1 Å². The van der Waals surface area contributed by atoms with E-state index in [9.17, 15) is 24.6 Å². The zero-order valence-corrected chi connectivity index (χ0v) is 19.0. The summed E-state index contributed by atoms with van der Waals surface area (Å²) in [5, 5.41) is 28.2. The van der Waals surface area contributed by atoms with Crippen molar-refractivity contribution >= 4 is 18.0 Å². The maximum absolute atomic E-state index is 12.2. The van der Waals surface area contributed by atoms with Crippen LogP contribution in [0, 0.1) is 0 Å². The van der Waals surface area contributed by atoms with Crippen LogP contribution >= 0.6 is 0 Å². The highest BCUT2D eigenvalue weighted by molar-refractivity contribution is 5.84. The molecule has 0 bridgehead atoms. The van der Waals surface area contributed by atoms with Gasteiger partial charge in [-0.1, -0.05) is 48.5 Å². The Hall–Kier alpha value is -4.18. The summed E-state index contributed by atoms with van der Waals surface area (Å²) in [6.07, 6.45) is 0.486. The molecule has 2 amide bonds. The van der Waals surface area contributed by atoms with Crippen molar-refractivity contribution in [3.8, 4) is 11.1 Å². The number of hydrogen-bond donors (Lipinski definition) is 4. The van der Waals surface area contributed by atoms with E-state index in [2.05, 4.69) is 15.7 Å². The molecule has 10 heteroatoms. The molecule has 35 heavy (non-hydrogen) atoms. The van der Waals surface area contributed by atoms with Crippen molar-refractivity contribution in [3.05, 3.63) is 77.6 Å². The average molecular weight is 479 g/mol. The van der Waals surface area contributed by atoms with Crippen molar-refractivity contribution in [3.63, 3.8) is 0 Å². The molecule has 0 aliphatic heterocycles. The first-order valence-electron chi connectivity index (χ1n) is 11.1. The number of hydrogen-bond acceptors (Lipinski definition) is 6. The Morgan fingerprint density at radius 3 is 2.29 bits per heavy atom. The minimum atomic E-state index is -1.29. The third-order valence-electron chi connectivity index (χ3n) is 5.86. The molecule has 0 fully saturated rings. The van der Waals surface area contributed by atoms with E-state index in [1.807, 2.05) is 48.5 Å². The van der Waals surface area contributed by atoms with E-state index in [0.29, 0.717) is 5.56 Å². The number of benzene rings is 2. The first-order valence-corrected chi connectivity index (χ1v) is 11.1. The number of ether oxygens (including phenoxy) is 1. The van der Waals surface area contributed by atoms with E-state index in [4.69, 9.17) is 4.74 Å². The number of aromatic nitrogens is 2. The highest BCUT2D eigenvalue weighted by Gasteiger charge is 2.29. The van der Waals surface area contributed by atoms with E-state index >= 15 is 0 Å². The van der Waals surface area contributed by atoms with Crippen molar-refractivity contribution in [1.82, 2.24) is 20.4 Å². The molecule has 3 aromatic rings. The SMILES string of the molecule is Cn1cc(C(NC(=O)CC(O)CNC(=O)OCC2c3ccccc3-c3ccccc32)C(=O)O)cn1. The lowest BCUT2D eigenvalue weighted by Gasteiger charge is -2.17. The van der Waals surface area contributed by atoms with Gasteiger partial charge in [-0.3, -0.25) is 9.48 Å². The number of aryl methyl sites for hydroxylation is 1. The van der Waals surface area contributed by atoms with Crippen LogP contribution in [0.4, 0.5) is 4.79 Å². The second-order valence-electron chi connectivity index (χ2n) is 8.35. The lowest BCUT2D eigenvalue weighted by molar-refractivity contribution is -0.142. The quantitative estimate of drug-likeness (QED) is 0.368. The number of rotatable bonds is 9. The van der Waals surface area contributed by atoms with Crippen LogP contribution < -0.4 is 10.6 Å². The molecule has 1 aliphatic carbocycles. The predicted molar refractivity (Wildman–Crippen MR) is 125 cm³/mol. The predicted octanol–water partition coefficient (Wildman–Crippen LogP) is 1.95. The van der Waals surface area contributed by atoms with Crippen LogP contribution in [0.2, 0.25) is 0 Å². The van der Waals surface area contributed by atoms with Crippen LogP contribution in [0.1, 0.15) is 35.1 Å². The molecule has 2 aromatic carbocycles. The third-order valence-corrected chi connectivity index (χ3v) is 5.86. The van der Waals surface area contributed by atoms with Gasteiger partial charge >= 0.3 is 12.1 Å². The number of carbonyl (C=O) groups excluding carboxylic acids is 2. The Morgan fingerprint density at radius 1 is 1.09 bits per heavy atom. The van der Waals surface area contributed by atoms with Crippen molar-refractivity contribution in [1.29, 1.82) is 0 Å². The van der Waals surface area contributed by atoms with Gasteiger partial charge in [-0.2, -0.15) is 5.10 Å². The summed E-state index contributed by atoms with van der Waals surface area (Å²) in [4.78, 5) is 35.9. The molecule has 2 atom stereocenters. The number of amides is 2. The number of carbonyl (C=O) groups is 3. The summed E-state index contributed by atoms with van der Waals surface area (Å²) in [6, 6.07) is 14.7. The minimum Gasteiger partial charge on any atom is -0.479 e. The Morgan fingerprint density at radius 2 is 1.71 bits per heavy atom. The van der Waals surface area contributed by atoms with Crippen molar-refractivity contribution in [2.24, 2.45) is 7.05 Å². The normalized spacial score (nSPS) is 13.9. The van der Waals surface area contributed by atoms with Gasteiger partial charge in [0.05, 0.1) is 18.7 Å². The van der Waals surface area contributed by atoms with E-state index in [0.717, 1.165) is 22.3 Å². The zero-order valence-electron chi connectivity index (χ0n) is 19.0. The van der Waals surface area contributed by atoms with Crippen molar-refractivity contribution in [2.75, 3.05) is 13.2 Å². The van der Waals surface area contributed by atoms with Gasteiger partial charge in [0, 0.05) is 31.3 Å². The molecule has 0 saturated carbocycles. The first-order chi connectivity index (χ1) is 16.8. The Labute approximate surface area is 201 Å². The summed E-state index contributed by atoms with van der Waals surface area (Å²) >= 11 is 0. The fourth-order valence-electron chi connectivity index (χ4n) is 4.23. The van der Waals surface area contributed by atoms with Gasteiger partial charge < -0.3 is 25.6 Å². The van der Waals surface area contributed by atoms with Gasteiger partial charge in [0.2, 0.25) is 5.91 Å². The van der Waals surface area contributed by atoms with Gasteiger partial charge in [-0.05, 0) is 22.3 Å². The minimum absolute atomic E-state index is 0.0933. The van der Waals surface area contributed by atoms with Gasteiger partial charge in [0.25, 0.3) is 0 Å². The number of carboxylic acids is 1. The fourth-order valence-corrected chi connectivity index (χ4v) is 4.23. The Bertz CT molecular complexity index is 1190. The number of carboxylic acid groups (broad SMARTS) is 1. The monoisotopic (exact) mass is 478 g/mol. The fraction of sp³-hybridized carbons (Fsp3) is 0.280. The summed E-state index contributed by atoms with van der Waals surface area (Å²) < 4.78 is 6.82. The number of aliphatic carboxylic acids is 1. The van der Waals surface area contributed by atoms with Gasteiger partial charge in [-0.25, -0.2) is 9.59 Å². The molecule has 1 heterocycles. The summed E-state index contributed by atoms with van der Waals surface area (Å²) in [6.45, 7) is -0.101. The van der Waals surface area contributed by atoms with Crippen LogP contribution in [-0.2, 0) is 21.4 Å². The lowest BCUT2D eigenvalue weighted by atomic mass is 9.98. The Kier molecular flexibility index (Phi) is 7.11. The number of alkyl carbamates (subject to hydrolysis) is 1. The number of aliphatic hydroxyl groups is 1. The van der Waals surface area contributed by atoms with E-state index < -0.39 is 36.5 Å². The van der Waals surface area contributed by atoms with Crippen LogP contribution in [0.15, 0.2) is 60.9 Å². The van der Waals surface area contributed by atoms with Crippen LogP contribution in [0.3, 0.4) is 0 Å². The molecule has 0 saturated heterocycles. The van der Waals surface area contributed by atoms with Gasteiger partial charge in [0.15, 0.2) is 6.04 Å². The first kappa shape index (κ1) is 24.0. The largest absolute Gasteiger partial charge is 0.479 e. The van der Waals surface area contributed by atoms with Gasteiger partial charge in [0.1, 0.15) is 6.61 Å². The highest BCUT2D eigenvalue weighted by Crippen LogP contribution is 2.44. The molecule has 4 N–H and O–H groups in total. The molecule has 182 valence electrons. The van der Waals surface area contributed by atoms with E-state index in [1.54, 1.807) is 7.05 Å². The molecule has 1 aliphatic rings. The molecule has 1 aromatic heterocycles. The molecular formula is C25H26N4O6. The second kappa shape index (κ2) is 10.4. The van der Waals surface area contributed by atoms with Gasteiger partial charge in [-0.15, -0.1) is 0 Å². The third kappa shape index (κ3) is 5.49. The number of nitrogens with one attached hydrogen (secondary N) is 2. The van der Waals surface area contributed by atoms with Crippen LogP contribution in [-0.4, -0.2) is 57.2 Å². The topological polar surface area (TPSA) is 143 Å². The summed E-state index contributed by atoms with van der Waals surface area (Å²) in [5.74, 6) is -2.02. The van der Waals surface area contributed by atoms with Crippen molar-refractivity contribution < 1.29 is 29.3 Å². The highest BCUT2D eigenvalue weighted by atomic mass is 16.5. The van der Waals surface area contributed by atoms with Crippen LogP contribution in [0.5, 0.6) is 0 Å². The lowest BCUT2D eigenvalue weighted by Crippen LogP contribution is -2.39. The molecule has 2 unspecified atom stereocenters. The Balaban J connectivity index is 1.25. The molecule has 10 nitrogen and oxygen atoms in total. The van der Waals surface area contributed by atoms with E-state index in [1.165, 1.54) is 17.1 Å². The van der Waals surface area contributed by atoms with Crippen molar-refractivity contribution in [2.45, 2.75) is 24.5 Å². The molecule has 0 radical (unpaired) electrons. The summed E-state index contributed by atoms with van der Waals surface area (Å²) in [5.41, 5.74) is 4.70. The second-order valence-corrected chi connectivity index (χ2v) is 8.35. The van der Waals surface area contributed by atoms with E-state index in [-0.39, 0.29) is 19.1 Å². The smallest absolute Gasteiger partial charge is 0.407 e. The number of aliphatic hydroxyl groups excluding tert-OH is 1. The molecule has 0 spiro atoms. The summed E-state index contributed by atoms with van der Waals surface area (Å²) in [7, 11) is 1.63.